The Labute approximate surface area is 170 Å². The van der Waals surface area contributed by atoms with Crippen LogP contribution in [0.4, 0.5) is 5.13 Å². The average molecular weight is 408 g/mol. The van der Waals surface area contributed by atoms with Crippen molar-refractivity contribution in [1.82, 2.24) is 24.4 Å². The number of fused-ring (bicyclic) bond motifs is 1. The van der Waals surface area contributed by atoms with Gasteiger partial charge in [-0.25, -0.2) is 9.97 Å². The third kappa shape index (κ3) is 3.08. The number of aromatic nitrogens is 4. The number of nitrogens with two attached hydrogens (primary N) is 1. The predicted molar refractivity (Wildman–Crippen MR) is 112 cm³/mol. The number of rotatable bonds is 4. The Kier molecular flexibility index (Phi) is 4.33. The SMILES string of the molecule is Nc1nc(-c2c[nH]c(C(=O)N3CCC(n4c(CO)nc5ccccc54)C3)c2)cs1. The van der Waals surface area contributed by atoms with Crippen molar-refractivity contribution in [3.05, 3.63) is 53.4 Å². The molecule has 1 atom stereocenters. The molecule has 9 heteroatoms. The number of nitrogen functional groups attached to an aromatic ring is 1. The monoisotopic (exact) mass is 408 g/mol. The number of nitrogens with one attached hydrogen (secondary N) is 1. The maximum atomic E-state index is 13.0. The number of nitrogens with zero attached hydrogens (tertiary/aromatic N) is 4. The summed E-state index contributed by atoms with van der Waals surface area (Å²) in [5.74, 6) is 0.589. The van der Waals surface area contributed by atoms with Gasteiger partial charge in [-0.15, -0.1) is 11.3 Å². The van der Waals surface area contributed by atoms with Gasteiger partial charge in [0.25, 0.3) is 5.91 Å². The van der Waals surface area contributed by atoms with E-state index in [9.17, 15) is 9.90 Å². The number of H-pyrrole nitrogens is 1. The fourth-order valence-corrected chi connectivity index (χ4v) is 4.58. The molecular weight excluding hydrogens is 388 g/mol. The number of carbonyl (C=O) groups is 1. The van der Waals surface area contributed by atoms with E-state index in [1.165, 1.54) is 11.3 Å². The topological polar surface area (TPSA) is 113 Å². The van der Waals surface area contributed by atoms with Crippen LogP contribution in [0.1, 0.15) is 28.8 Å². The number of aromatic amines is 1. The normalized spacial score (nSPS) is 16.7. The van der Waals surface area contributed by atoms with E-state index in [-0.39, 0.29) is 18.6 Å². The van der Waals surface area contributed by atoms with Crippen LogP contribution in [0, 0.1) is 0 Å². The molecule has 0 radical (unpaired) electrons. The molecular formula is C20H20N6O2S. The minimum Gasteiger partial charge on any atom is -0.388 e. The van der Waals surface area contributed by atoms with Crippen molar-refractivity contribution in [3.63, 3.8) is 0 Å². The number of imidazole rings is 1. The molecule has 0 aliphatic carbocycles. The van der Waals surface area contributed by atoms with Gasteiger partial charge in [-0.1, -0.05) is 12.1 Å². The summed E-state index contributed by atoms with van der Waals surface area (Å²) in [7, 11) is 0. The maximum absolute atomic E-state index is 13.0. The Morgan fingerprint density at radius 3 is 3.00 bits per heavy atom. The van der Waals surface area contributed by atoms with Gasteiger partial charge >= 0.3 is 0 Å². The number of benzene rings is 1. The van der Waals surface area contributed by atoms with Gasteiger partial charge in [0.1, 0.15) is 18.1 Å². The second kappa shape index (κ2) is 7.02. The fourth-order valence-electron chi connectivity index (χ4n) is 4.01. The number of amides is 1. The van der Waals surface area contributed by atoms with Crippen LogP contribution in [0.3, 0.4) is 0 Å². The zero-order chi connectivity index (χ0) is 20.0. The van der Waals surface area contributed by atoms with Gasteiger partial charge in [0.15, 0.2) is 5.13 Å². The molecule has 4 aromatic rings. The second-order valence-corrected chi connectivity index (χ2v) is 8.00. The maximum Gasteiger partial charge on any atom is 0.270 e. The molecule has 1 aliphatic rings. The zero-order valence-electron chi connectivity index (χ0n) is 15.6. The molecule has 29 heavy (non-hydrogen) atoms. The second-order valence-electron chi connectivity index (χ2n) is 7.11. The van der Waals surface area contributed by atoms with Crippen LogP contribution in [0.2, 0.25) is 0 Å². The van der Waals surface area contributed by atoms with Gasteiger partial charge < -0.3 is 25.3 Å². The number of thiazole rings is 1. The standard InChI is InChI=1S/C20H20N6O2S/c21-20-24-16(11-29-20)12-7-15(22-8-12)19(28)25-6-5-13(9-25)26-17-4-2-1-3-14(17)23-18(26)10-27/h1-4,7-8,11,13,22,27H,5-6,9-10H2,(H2,21,24). The fraction of sp³-hybridized carbons (Fsp3) is 0.250. The van der Waals surface area contributed by atoms with E-state index in [1.807, 2.05) is 40.6 Å². The molecule has 1 saturated heterocycles. The molecule has 1 fully saturated rings. The Balaban J connectivity index is 1.37. The van der Waals surface area contributed by atoms with Crippen LogP contribution in [0.15, 0.2) is 41.9 Å². The van der Waals surface area contributed by atoms with E-state index >= 15 is 0 Å². The summed E-state index contributed by atoms with van der Waals surface area (Å²) in [6, 6.07) is 9.74. The Morgan fingerprint density at radius 2 is 2.21 bits per heavy atom. The van der Waals surface area contributed by atoms with Crippen LogP contribution >= 0.6 is 11.3 Å². The smallest absolute Gasteiger partial charge is 0.270 e. The van der Waals surface area contributed by atoms with Crippen molar-refractivity contribution < 1.29 is 9.90 Å². The van der Waals surface area contributed by atoms with E-state index in [0.717, 1.165) is 28.7 Å². The summed E-state index contributed by atoms with van der Waals surface area (Å²) in [6.45, 7) is 1.10. The van der Waals surface area contributed by atoms with E-state index in [0.29, 0.717) is 29.7 Å². The molecule has 4 N–H and O–H groups in total. The first kappa shape index (κ1) is 17.9. The molecule has 0 spiro atoms. The number of likely N-dealkylation sites (tertiary alicyclic amines) is 1. The lowest BCUT2D eigenvalue weighted by Crippen LogP contribution is -2.29. The lowest BCUT2D eigenvalue weighted by Gasteiger charge is -2.18. The summed E-state index contributed by atoms with van der Waals surface area (Å²) < 4.78 is 2.07. The number of carbonyl (C=O) groups excluding carboxylic acids is 1. The average Bonchev–Trinajstić information content (AvgIpc) is 3.50. The Hall–Kier alpha value is -3.17. The Morgan fingerprint density at radius 1 is 1.34 bits per heavy atom. The highest BCUT2D eigenvalue weighted by Crippen LogP contribution is 2.30. The lowest BCUT2D eigenvalue weighted by molar-refractivity contribution is 0.0782. The van der Waals surface area contributed by atoms with Crippen molar-refractivity contribution in [2.45, 2.75) is 19.1 Å². The third-order valence-electron chi connectivity index (χ3n) is 5.36. The summed E-state index contributed by atoms with van der Waals surface area (Å²) in [5.41, 5.74) is 9.69. The van der Waals surface area contributed by atoms with Gasteiger partial charge in [0, 0.05) is 30.2 Å². The van der Waals surface area contributed by atoms with Gasteiger partial charge in [-0.2, -0.15) is 0 Å². The van der Waals surface area contributed by atoms with Crippen molar-refractivity contribution in [2.24, 2.45) is 0 Å². The molecule has 148 valence electrons. The van der Waals surface area contributed by atoms with Crippen molar-refractivity contribution in [1.29, 1.82) is 0 Å². The highest BCUT2D eigenvalue weighted by Gasteiger charge is 2.31. The number of anilines is 1. The van der Waals surface area contributed by atoms with Gasteiger partial charge in [0.2, 0.25) is 0 Å². The molecule has 0 bridgehead atoms. The number of hydrogen-bond acceptors (Lipinski definition) is 6. The molecule has 8 nitrogen and oxygen atoms in total. The van der Waals surface area contributed by atoms with Crippen LogP contribution in [-0.2, 0) is 6.61 Å². The molecule has 1 amide bonds. The van der Waals surface area contributed by atoms with E-state index < -0.39 is 0 Å². The number of aliphatic hydroxyl groups is 1. The van der Waals surface area contributed by atoms with Crippen molar-refractivity contribution in [3.8, 4) is 11.3 Å². The van der Waals surface area contributed by atoms with Crippen LogP contribution in [0.25, 0.3) is 22.3 Å². The van der Waals surface area contributed by atoms with E-state index in [1.54, 1.807) is 6.20 Å². The highest BCUT2D eigenvalue weighted by atomic mass is 32.1. The molecule has 3 aromatic heterocycles. The summed E-state index contributed by atoms with van der Waals surface area (Å²) in [4.78, 5) is 26.7. The number of para-hydroxylation sites is 2. The van der Waals surface area contributed by atoms with Crippen LogP contribution in [-0.4, -0.2) is 48.5 Å². The summed E-state index contributed by atoms with van der Waals surface area (Å²) in [5, 5.41) is 12.1. The van der Waals surface area contributed by atoms with E-state index in [2.05, 4.69) is 19.5 Å². The summed E-state index contributed by atoms with van der Waals surface area (Å²) >= 11 is 1.37. The van der Waals surface area contributed by atoms with Gasteiger partial charge in [-0.05, 0) is 24.6 Å². The molecule has 1 unspecified atom stereocenters. The number of hydrogen-bond donors (Lipinski definition) is 3. The van der Waals surface area contributed by atoms with Gasteiger partial charge in [-0.3, -0.25) is 4.79 Å². The van der Waals surface area contributed by atoms with E-state index in [4.69, 9.17) is 5.73 Å². The highest BCUT2D eigenvalue weighted by molar-refractivity contribution is 7.13. The van der Waals surface area contributed by atoms with Crippen LogP contribution < -0.4 is 5.73 Å². The van der Waals surface area contributed by atoms with Crippen molar-refractivity contribution in [2.75, 3.05) is 18.8 Å². The zero-order valence-corrected chi connectivity index (χ0v) is 16.4. The lowest BCUT2D eigenvalue weighted by atomic mass is 10.2. The van der Waals surface area contributed by atoms with Crippen molar-refractivity contribution >= 4 is 33.4 Å². The quantitative estimate of drug-likeness (QED) is 0.480. The first-order valence-electron chi connectivity index (χ1n) is 9.40. The molecule has 1 aliphatic heterocycles. The first-order valence-corrected chi connectivity index (χ1v) is 10.3. The molecule has 4 heterocycles. The largest absolute Gasteiger partial charge is 0.388 e. The molecule has 0 saturated carbocycles. The van der Waals surface area contributed by atoms with Crippen LogP contribution in [0.5, 0.6) is 0 Å². The minimum atomic E-state index is -0.129. The first-order chi connectivity index (χ1) is 14.1. The Bertz CT molecular complexity index is 1190. The molecule has 1 aromatic carbocycles. The predicted octanol–water partition coefficient (Wildman–Crippen LogP) is 2.65. The summed E-state index contributed by atoms with van der Waals surface area (Å²) in [6.07, 6.45) is 2.60. The number of aliphatic hydroxyl groups excluding tert-OH is 1. The molecule has 5 rings (SSSR count). The minimum absolute atomic E-state index is 0.0445. The third-order valence-corrected chi connectivity index (χ3v) is 6.03. The van der Waals surface area contributed by atoms with Gasteiger partial charge in [0.05, 0.1) is 22.8 Å².